The zero-order chi connectivity index (χ0) is 15.7. The lowest BCUT2D eigenvalue weighted by Crippen LogP contribution is -2.45. The molecule has 1 aromatic carbocycles. The van der Waals surface area contributed by atoms with E-state index in [1.54, 1.807) is 6.20 Å². The number of allylic oxidation sites excluding steroid dienone is 1. The van der Waals surface area contributed by atoms with E-state index in [1.165, 1.54) is 7.11 Å². The highest BCUT2D eigenvalue weighted by Crippen LogP contribution is 2.31. The summed E-state index contributed by atoms with van der Waals surface area (Å²) >= 11 is 5.23. The van der Waals surface area contributed by atoms with Crippen LogP contribution in [0.15, 0.2) is 47.8 Å². The molecule has 0 saturated heterocycles. The van der Waals surface area contributed by atoms with E-state index >= 15 is 0 Å². The number of carbonyl (C=O) groups is 1. The number of benzene rings is 1. The summed E-state index contributed by atoms with van der Waals surface area (Å²) in [6.45, 7) is 1.81. The number of hydrogen-bond donors (Lipinski definition) is 2. The SMILES string of the molecule is COC(=O)C1=C(C)NC(=S)N[C@@H]1c1cccc2cccnc12. The molecule has 1 atom stereocenters. The smallest absolute Gasteiger partial charge is 0.337 e. The highest BCUT2D eigenvalue weighted by atomic mass is 32.1. The van der Waals surface area contributed by atoms with E-state index in [2.05, 4.69) is 15.6 Å². The first-order valence-corrected chi connectivity index (χ1v) is 7.23. The quantitative estimate of drug-likeness (QED) is 0.655. The fraction of sp³-hybridized carbons (Fsp3) is 0.188. The van der Waals surface area contributed by atoms with Crippen molar-refractivity contribution in [1.29, 1.82) is 0 Å². The van der Waals surface area contributed by atoms with E-state index in [1.807, 2.05) is 37.3 Å². The second-order valence-electron chi connectivity index (χ2n) is 4.98. The molecule has 0 aliphatic carbocycles. The van der Waals surface area contributed by atoms with Crippen molar-refractivity contribution in [3.63, 3.8) is 0 Å². The molecular formula is C16H15N3O2S. The van der Waals surface area contributed by atoms with Crippen molar-refractivity contribution in [2.24, 2.45) is 0 Å². The number of fused-ring (bicyclic) bond motifs is 1. The molecule has 0 spiro atoms. The zero-order valence-corrected chi connectivity index (χ0v) is 13.0. The first-order valence-electron chi connectivity index (χ1n) is 6.82. The fourth-order valence-electron chi connectivity index (χ4n) is 2.67. The van der Waals surface area contributed by atoms with E-state index in [9.17, 15) is 4.79 Å². The van der Waals surface area contributed by atoms with Gasteiger partial charge in [0, 0.05) is 22.8 Å². The standard InChI is InChI=1S/C16H15N3O2S/c1-9-12(15(20)21-2)14(19-16(22)18-9)11-7-3-5-10-6-4-8-17-13(10)11/h3-8,14H,1-2H3,(H2,18,19,22)/t14-/m1/s1. The van der Waals surface area contributed by atoms with Crippen LogP contribution < -0.4 is 10.6 Å². The maximum Gasteiger partial charge on any atom is 0.337 e. The van der Waals surface area contributed by atoms with Crippen LogP contribution >= 0.6 is 12.2 Å². The van der Waals surface area contributed by atoms with Crippen LogP contribution in [-0.4, -0.2) is 23.2 Å². The van der Waals surface area contributed by atoms with Gasteiger partial charge in [0.2, 0.25) is 0 Å². The third kappa shape index (κ3) is 2.42. The summed E-state index contributed by atoms with van der Waals surface area (Å²) in [5.41, 5.74) is 2.92. The monoisotopic (exact) mass is 313 g/mol. The minimum Gasteiger partial charge on any atom is -0.466 e. The molecule has 5 nitrogen and oxygen atoms in total. The van der Waals surface area contributed by atoms with Crippen molar-refractivity contribution in [2.45, 2.75) is 13.0 Å². The largest absolute Gasteiger partial charge is 0.466 e. The summed E-state index contributed by atoms with van der Waals surface area (Å²) in [6, 6.07) is 9.35. The molecule has 1 aromatic heterocycles. The van der Waals surface area contributed by atoms with Crippen molar-refractivity contribution in [3.8, 4) is 0 Å². The van der Waals surface area contributed by atoms with Crippen LogP contribution in [0.3, 0.4) is 0 Å². The van der Waals surface area contributed by atoms with Gasteiger partial charge in [-0.3, -0.25) is 4.98 Å². The third-order valence-electron chi connectivity index (χ3n) is 3.65. The number of nitrogens with zero attached hydrogens (tertiary/aromatic N) is 1. The van der Waals surface area contributed by atoms with Crippen molar-refractivity contribution >= 4 is 34.2 Å². The number of rotatable bonds is 2. The molecule has 0 unspecified atom stereocenters. The molecule has 6 heteroatoms. The second-order valence-corrected chi connectivity index (χ2v) is 5.39. The number of nitrogens with one attached hydrogen (secondary N) is 2. The number of ether oxygens (including phenoxy) is 1. The Morgan fingerprint density at radius 3 is 2.86 bits per heavy atom. The summed E-state index contributed by atoms with van der Waals surface area (Å²) in [7, 11) is 1.37. The summed E-state index contributed by atoms with van der Waals surface area (Å²) in [6.07, 6.45) is 1.74. The van der Waals surface area contributed by atoms with Gasteiger partial charge in [-0.1, -0.05) is 24.3 Å². The number of aromatic nitrogens is 1. The molecule has 1 aliphatic rings. The molecule has 0 bridgehead atoms. The van der Waals surface area contributed by atoms with Gasteiger partial charge in [0.15, 0.2) is 5.11 Å². The molecule has 0 fully saturated rings. The minimum atomic E-state index is -0.391. The van der Waals surface area contributed by atoms with Gasteiger partial charge < -0.3 is 15.4 Å². The fourth-order valence-corrected chi connectivity index (χ4v) is 2.94. The lowest BCUT2D eigenvalue weighted by atomic mass is 9.94. The topological polar surface area (TPSA) is 63.2 Å². The van der Waals surface area contributed by atoms with Gasteiger partial charge in [0.25, 0.3) is 0 Å². The van der Waals surface area contributed by atoms with Crippen LogP contribution in [0.5, 0.6) is 0 Å². The second kappa shape index (κ2) is 5.73. The van der Waals surface area contributed by atoms with E-state index in [0.29, 0.717) is 16.4 Å². The number of esters is 1. The maximum atomic E-state index is 12.2. The van der Waals surface area contributed by atoms with Gasteiger partial charge in [-0.25, -0.2) is 4.79 Å². The molecule has 3 rings (SSSR count). The summed E-state index contributed by atoms with van der Waals surface area (Å²) in [4.78, 5) is 16.6. The van der Waals surface area contributed by atoms with E-state index in [0.717, 1.165) is 16.5 Å². The van der Waals surface area contributed by atoms with Crippen LogP contribution in [0.4, 0.5) is 0 Å². The zero-order valence-electron chi connectivity index (χ0n) is 12.2. The lowest BCUT2D eigenvalue weighted by molar-refractivity contribution is -0.136. The van der Waals surface area contributed by atoms with E-state index in [-0.39, 0.29) is 6.04 Å². The number of thiocarbonyl (C=S) groups is 1. The summed E-state index contributed by atoms with van der Waals surface area (Å²) in [5, 5.41) is 7.60. The average molecular weight is 313 g/mol. The number of pyridine rings is 1. The summed E-state index contributed by atoms with van der Waals surface area (Å²) in [5.74, 6) is -0.391. The number of para-hydroxylation sites is 1. The minimum absolute atomic E-state index is 0.389. The normalized spacial score (nSPS) is 17.9. The maximum absolute atomic E-state index is 12.2. The Labute approximate surface area is 133 Å². The molecule has 2 N–H and O–H groups in total. The molecule has 0 amide bonds. The van der Waals surface area contributed by atoms with Crippen LogP contribution in [0.2, 0.25) is 0 Å². The number of methoxy groups -OCH3 is 1. The van der Waals surface area contributed by atoms with Crippen molar-refractivity contribution in [2.75, 3.05) is 7.11 Å². The molecule has 2 aromatic rings. The Bertz CT molecular complexity index is 796. The van der Waals surface area contributed by atoms with Crippen LogP contribution in [0.1, 0.15) is 18.5 Å². The Morgan fingerprint density at radius 2 is 2.09 bits per heavy atom. The molecule has 22 heavy (non-hydrogen) atoms. The molecule has 0 radical (unpaired) electrons. The Balaban J connectivity index is 2.21. The molecule has 2 heterocycles. The highest BCUT2D eigenvalue weighted by Gasteiger charge is 2.31. The van der Waals surface area contributed by atoms with Gasteiger partial charge in [0.1, 0.15) is 0 Å². The first kappa shape index (κ1) is 14.5. The van der Waals surface area contributed by atoms with Gasteiger partial charge in [0.05, 0.1) is 24.2 Å². The molecule has 112 valence electrons. The third-order valence-corrected chi connectivity index (χ3v) is 3.87. The van der Waals surface area contributed by atoms with Crippen molar-refractivity contribution in [1.82, 2.24) is 15.6 Å². The highest BCUT2D eigenvalue weighted by molar-refractivity contribution is 7.80. The van der Waals surface area contributed by atoms with Gasteiger partial charge in [-0.15, -0.1) is 0 Å². The van der Waals surface area contributed by atoms with E-state index in [4.69, 9.17) is 17.0 Å². The predicted octanol–water partition coefficient (Wildman–Crippen LogP) is 2.20. The van der Waals surface area contributed by atoms with Crippen molar-refractivity contribution in [3.05, 3.63) is 53.4 Å². The summed E-state index contributed by atoms with van der Waals surface area (Å²) < 4.78 is 4.92. The number of carbonyl (C=O) groups excluding carboxylic acids is 1. The average Bonchev–Trinajstić information content (AvgIpc) is 2.53. The molecule has 1 aliphatic heterocycles. The van der Waals surface area contributed by atoms with Crippen LogP contribution in [0.25, 0.3) is 10.9 Å². The Hall–Kier alpha value is -2.47. The Kier molecular flexibility index (Phi) is 3.77. The van der Waals surface area contributed by atoms with Crippen LogP contribution in [0, 0.1) is 0 Å². The number of hydrogen-bond acceptors (Lipinski definition) is 4. The van der Waals surface area contributed by atoms with Gasteiger partial charge in [-0.05, 0) is 25.2 Å². The van der Waals surface area contributed by atoms with E-state index < -0.39 is 5.97 Å². The predicted molar refractivity (Wildman–Crippen MR) is 88.1 cm³/mol. The Morgan fingerprint density at radius 1 is 1.32 bits per heavy atom. The molecule has 0 saturated carbocycles. The van der Waals surface area contributed by atoms with Gasteiger partial charge in [-0.2, -0.15) is 0 Å². The van der Waals surface area contributed by atoms with Crippen molar-refractivity contribution < 1.29 is 9.53 Å². The molecular weight excluding hydrogens is 298 g/mol. The lowest BCUT2D eigenvalue weighted by Gasteiger charge is -2.30. The first-order chi connectivity index (χ1) is 10.6. The van der Waals surface area contributed by atoms with Crippen LogP contribution in [-0.2, 0) is 9.53 Å². The van der Waals surface area contributed by atoms with Gasteiger partial charge >= 0.3 is 5.97 Å².